The molecule has 0 saturated heterocycles. The molecule has 2 N–H and O–H groups in total. The molecule has 25 heavy (non-hydrogen) atoms. The molecular formula is C18H17ClF2N2O2. The highest BCUT2D eigenvalue weighted by molar-refractivity contribution is 6.33. The lowest BCUT2D eigenvalue weighted by Crippen LogP contribution is -2.26. The Labute approximate surface area is 149 Å². The fourth-order valence-corrected chi connectivity index (χ4v) is 2.57. The van der Waals surface area contributed by atoms with E-state index in [2.05, 4.69) is 10.8 Å². The maximum atomic E-state index is 14.3. The predicted octanol–water partition coefficient (Wildman–Crippen LogP) is 4.74. The third-order valence-electron chi connectivity index (χ3n) is 3.90. The Kier molecular flexibility index (Phi) is 5.20. The van der Waals surface area contributed by atoms with Gasteiger partial charge in [0.05, 0.1) is 28.6 Å². The number of carbonyl (C=O) groups is 1. The van der Waals surface area contributed by atoms with E-state index in [0.717, 1.165) is 24.5 Å². The summed E-state index contributed by atoms with van der Waals surface area (Å²) in [6, 6.07) is 7.17. The van der Waals surface area contributed by atoms with E-state index in [-0.39, 0.29) is 11.3 Å². The Hall–Kier alpha value is -2.18. The molecule has 0 heterocycles. The van der Waals surface area contributed by atoms with E-state index in [1.807, 2.05) is 6.92 Å². The first-order valence-electron chi connectivity index (χ1n) is 7.89. The normalized spacial score (nSPS) is 13.6. The Morgan fingerprint density at radius 3 is 2.72 bits per heavy atom. The van der Waals surface area contributed by atoms with Crippen LogP contribution in [0.5, 0.6) is 0 Å². The number of amides is 1. The number of carbonyl (C=O) groups excluding carboxylic acids is 1. The van der Waals surface area contributed by atoms with Gasteiger partial charge in [0.25, 0.3) is 5.91 Å². The fraction of sp³-hybridized carbons (Fsp3) is 0.278. The number of halogens is 3. The van der Waals surface area contributed by atoms with Crippen LogP contribution in [0.1, 0.15) is 28.8 Å². The van der Waals surface area contributed by atoms with Gasteiger partial charge in [0.15, 0.2) is 11.6 Å². The molecule has 4 nitrogen and oxygen atoms in total. The smallest absolute Gasteiger partial charge is 0.277 e. The number of nitrogens with one attached hydrogen (secondary N) is 2. The molecule has 0 bridgehead atoms. The lowest BCUT2D eigenvalue weighted by molar-refractivity contribution is 0.0270. The third-order valence-corrected chi connectivity index (χ3v) is 4.22. The second-order valence-corrected chi connectivity index (χ2v) is 6.48. The van der Waals surface area contributed by atoms with Crippen LogP contribution in [0.15, 0.2) is 30.3 Å². The zero-order chi connectivity index (χ0) is 18.0. The van der Waals surface area contributed by atoms with Crippen molar-refractivity contribution in [2.24, 2.45) is 5.92 Å². The van der Waals surface area contributed by atoms with Gasteiger partial charge in [-0.05, 0) is 55.5 Å². The topological polar surface area (TPSA) is 50.4 Å². The van der Waals surface area contributed by atoms with Gasteiger partial charge in [0.2, 0.25) is 0 Å². The van der Waals surface area contributed by atoms with Gasteiger partial charge in [-0.3, -0.25) is 9.63 Å². The highest BCUT2D eigenvalue weighted by Crippen LogP contribution is 2.31. The second kappa shape index (κ2) is 7.37. The summed E-state index contributed by atoms with van der Waals surface area (Å²) in [5.74, 6) is -2.44. The van der Waals surface area contributed by atoms with E-state index in [9.17, 15) is 13.6 Å². The number of hydrogen-bond donors (Lipinski definition) is 2. The molecule has 0 spiro atoms. The molecule has 2 aromatic rings. The Morgan fingerprint density at radius 1 is 1.28 bits per heavy atom. The molecule has 2 aromatic carbocycles. The number of anilines is 2. The summed E-state index contributed by atoms with van der Waals surface area (Å²) < 4.78 is 27.9. The van der Waals surface area contributed by atoms with Crippen molar-refractivity contribution >= 4 is 28.9 Å². The molecule has 132 valence electrons. The molecule has 1 fully saturated rings. The van der Waals surface area contributed by atoms with Crippen molar-refractivity contribution in [2.75, 3.05) is 11.9 Å². The van der Waals surface area contributed by atoms with Crippen LogP contribution in [0.4, 0.5) is 20.2 Å². The van der Waals surface area contributed by atoms with E-state index < -0.39 is 17.5 Å². The van der Waals surface area contributed by atoms with E-state index >= 15 is 0 Å². The van der Waals surface area contributed by atoms with Crippen LogP contribution in [0.3, 0.4) is 0 Å². The van der Waals surface area contributed by atoms with Gasteiger partial charge in [-0.25, -0.2) is 14.3 Å². The van der Waals surface area contributed by atoms with Gasteiger partial charge in [-0.2, -0.15) is 0 Å². The van der Waals surface area contributed by atoms with Gasteiger partial charge >= 0.3 is 0 Å². The summed E-state index contributed by atoms with van der Waals surface area (Å²) in [4.78, 5) is 17.4. The van der Waals surface area contributed by atoms with Gasteiger partial charge in [0.1, 0.15) is 0 Å². The average Bonchev–Trinajstić information content (AvgIpc) is 3.38. The largest absolute Gasteiger partial charge is 0.351 e. The quantitative estimate of drug-likeness (QED) is 0.726. The summed E-state index contributed by atoms with van der Waals surface area (Å²) >= 11 is 6.12. The first-order valence-corrected chi connectivity index (χ1v) is 8.27. The maximum Gasteiger partial charge on any atom is 0.277 e. The van der Waals surface area contributed by atoms with Crippen molar-refractivity contribution < 1.29 is 18.4 Å². The zero-order valence-corrected chi connectivity index (χ0v) is 14.3. The SMILES string of the molecule is Cc1ccc(Nc2c(C(=O)NOCC3CC3)ccc(F)c2F)c(Cl)c1. The minimum Gasteiger partial charge on any atom is -0.351 e. The molecule has 3 rings (SSSR count). The van der Waals surface area contributed by atoms with E-state index in [0.29, 0.717) is 23.2 Å². The Bertz CT molecular complexity index is 810. The van der Waals surface area contributed by atoms with Crippen molar-refractivity contribution in [3.05, 3.63) is 58.1 Å². The van der Waals surface area contributed by atoms with Crippen molar-refractivity contribution in [3.63, 3.8) is 0 Å². The molecule has 1 aliphatic rings. The molecule has 1 saturated carbocycles. The zero-order valence-electron chi connectivity index (χ0n) is 13.5. The third kappa shape index (κ3) is 4.27. The molecule has 0 unspecified atom stereocenters. The molecule has 0 aliphatic heterocycles. The molecule has 7 heteroatoms. The Balaban J connectivity index is 1.85. The first-order chi connectivity index (χ1) is 12.0. The second-order valence-electron chi connectivity index (χ2n) is 6.08. The molecule has 0 radical (unpaired) electrons. The van der Waals surface area contributed by atoms with Crippen molar-refractivity contribution in [3.8, 4) is 0 Å². The van der Waals surface area contributed by atoms with Crippen molar-refractivity contribution in [2.45, 2.75) is 19.8 Å². The van der Waals surface area contributed by atoms with Crippen LogP contribution in [0.2, 0.25) is 5.02 Å². The van der Waals surface area contributed by atoms with Crippen LogP contribution in [-0.4, -0.2) is 12.5 Å². The minimum absolute atomic E-state index is 0.0775. The molecular weight excluding hydrogens is 350 g/mol. The highest BCUT2D eigenvalue weighted by Gasteiger charge is 2.23. The van der Waals surface area contributed by atoms with Crippen LogP contribution in [0, 0.1) is 24.5 Å². The van der Waals surface area contributed by atoms with Crippen LogP contribution in [0.25, 0.3) is 0 Å². The molecule has 0 atom stereocenters. The first kappa shape index (κ1) is 17.6. The maximum absolute atomic E-state index is 14.3. The van der Waals surface area contributed by atoms with Gasteiger partial charge in [0, 0.05) is 0 Å². The molecule has 0 aromatic heterocycles. The molecule has 1 aliphatic carbocycles. The highest BCUT2D eigenvalue weighted by atomic mass is 35.5. The summed E-state index contributed by atoms with van der Waals surface area (Å²) in [5, 5.41) is 3.04. The van der Waals surface area contributed by atoms with Gasteiger partial charge in [-0.1, -0.05) is 17.7 Å². The number of rotatable bonds is 6. The van der Waals surface area contributed by atoms with Crippen LogP contribution < -0.4 is 10.8 Å². The predicted molar refractivity (Wildman–Crippen MR) is 92.0 cm³/mol. The summed E-state index contributed by atoms with van der Waals surface area (Å²) in [7, 11) is 0. The number of benzene rings is 2. The van der Waals surface area contributed by atoms with E-state index in [4.69, 9.17) is 16.4 Å². The minimum atomic E-state index is -1.16. The van der Waals surface area contributed by atoms with Crippen LogP contribution >= 0.6 is 11.6 Å². The monoisotopic (exact) mass is 366 g/mol. The summed E-state index contributed by atoms with van der Waals surface area (Å²) in [6.45, 7) is 2.26. The number of hydroxylamine groups is 1. The number of aryl methyl sites for hydroxylation is 1. The molecule has 1 amide bonds. The van der Waals surface area contributed by atoms with Crippen molar-refractivity contribution in [1.82, 2.24) is 5.48 Å². The summed E-state index contributed by atoms with van der Waals surface area (Å²) in [5.41, 5.74) is 3.18. The lowest BCUT2D eigenvalue weighted by Gasteiger charge is -2.15. The van der Waals surface area contributed by atoms with E-state index in [1.54, 1.807) is 18.2 Å². The van der Waals surface area contributed by atoms with E-state index in [1.165, 1.54) is 6.07 Å². The van der Waals surface area contributed by atoms with Crippen molar-refractivity contribution in [1.29, 1.82) is 0 Å². The standard InChI is InChI=1S/C18H17ClF2N2O2/c1-10-2-7-15(13(19)8-10)22-17-12(5-6-14(20)16(17)21)18(24)23-25-9-11-3-4-11/h2,5-8,11,22H,3-4,9H2,1H3,(H,23,24). The Morgan fingerprint density at radius 2 is 2.04 bits per heavy atom. The fourth-order valence-electron chi connectivity index (χ4n) is 2.28. The van der Waals surface area contributed by atoms with Gasteiger partial charge < -0.3 is 5.32 Å². The van der Waals surface area contributed by atoms with Crippen LogP contribution in [-0.2, 0) is 4.84 Å². The lowest BCUT2D eigenvalue weighted by atomic mass is 10.1. The number of hydrogen-bond acceptors (Lipinski definition) is 3. The van der Waals surface area contributed by atoms with Gasteiger partial charge in [-0.15, -0.1) is 0 Å². The summed E-state index contributed by atoms with van der Waals surface area (Å²) in [6.07, 6.45) is 2.14. The average molecular weight is 367 g/mol.